The summed E-state index contributed by atoms with van der Waals surface area (Å²) in [5.74, 6) is 0. The normalized spacial score (nSPS) is 14.1. The summed E-state index contributed by atoms with van der Waals surface area (Å²) in [7, 11) is 0. The van der Waals surface area contributed by atoms with Crippen LogP contribution in [0, 0.1) is 11.3 Å². The number of pyridine rings is 1. The molecule has 3 aromatic rings. The van der Waals surface area contributed by atoms with Gasteiger partial charge >= 0.3 is 0 Å². The lowest BCUT2D eigenvalue weighted by molar-refractivity contribution is 0.687. The number of hydrogen-bond donors (Lipinski definition) is 1. The molecule has 0 bridgehead atoms. The van der Waals surface area contributed by atoms with E-state index in [2.05, 4.69) is 33.6 Å². The molecule has 1 aromatic carbocycles. The molecular formula is C17H15N5. The van der Waals surface area contributed by atoms with Gasteiger partial charge in [-0.15, -0.1) is 0 Å². The molecule has 108 valence electrons. The highest BCUT2D eigenvalue weighted by atomic mass is 15.3. The van der Waals surface area contributed by atoms with Crippen molar-refractivity contribution in [3.63, 3.8) is 0 Å². The van der Waals surface area contributed by atoms with Crippen molar-refractivity contribution < 1.29 is 0 Å². The summed E-state index contributed by atoms with van der Waals surface area (Å²) in [6.45, 7) is 0.845. The molecule has 0 spiro atoms. The van der Waals surface area contributed by atoms with Crippen LogP contribution in [0.3, 0.4) is 0 Å². The molecule has 1 aliphatic rings. The maximum absolute atomic E-state index is 8.92. The fraction of sp³-hybridized carbons (Fsp3) is 0.235. The minimum Gasteiger partial charge on any atom is -0.310 e. The van der Waals surface area contributed by atoms with E-state index in [0.717, 1.165) is 23.4 Å². The van der Waals surface area contributed by atoms with E-state index < -0.39 is 0 Å². The van der Waals surface area contributed by atoms with E-state index in [0.29, 0.717) is 11.6 Å². The summed E-state index contributed by atoms with van der Waals surface area (Å²) in [5.41, 5.74) is 4.72. The second-order valence-electron chi connectivity index (χ2n) is 5.62. The lowest BCUT2D eigenvalue weighted by atomic mass is 10.1. The first-order chi connectivity index (χ1) is 10.8. The van der Waals surface area contributed by atoms with E-state index in [4.69, 9.17) is 5.26 Å². The molecule has 0 amide bonds. The fourth-order valence-electron chi connectivity index (χ4n) is 2.55. The van der Waals surface area contributed by atoms with Crippen molar-refractivity contribution >= 4 is 5.65 Å². The molecule has 4 rings (SSSR count). The predicted molar refractivity (Wildman–Crippen MR) is 83.0 cm³/mol. The molecule has 2 heterocycles. The zero-order valence-corrected chi connectivity index (χ0v) is 12.0. The number of benzene rings is 1. The van der Waals surface area contributed by atoms with Gasteiger partial charge in [-0.3, -0.25) is 0 Å². The summed E-state index contributed by atoms with van der Waals surface area (Å²) < 4.78 is 1.84. The van der Waals surface area contributed by atoms with E-state index in [1.165, 1.54) is 18.4 Å². The zero-order chi connectivity index (χ0) is 14.9. The van der Waals surface area contributed by atoms with Gasteiger partial charge in [0.1, 0.15) is 6.33 Å². The first-order valence-corrected chi connectivity index (χ1v) is 7.40. The third kappa shape index (κ3) is 2.45. The molecule has 0 unspecified atom stereocenters. The maximum Gasteiger partial charge on any atom is 0.156 e. The van der Waals surface area contributed by atoms with Crippen LogP contribution in [0.1, 0.15) is 24.0 Å². The van der Waals surface area contributed by atoms with Crippen LogP contribution in [0.4, 0.5) is 0 Å². The monoisotopic (exact) mass is 289 g/mol. The van der Waals surface area contributed by atoms with Gasteiger partial charge in [0.15, 0.2) is 5.65 Å². The van der Waals surface area contributed by atoms with Gasteiger partial charge in [0.05, 0.1) is 17.3 Å². The van der Waals surface area contributed by atoms with Gasteiger partial charge in [-0.25, -0.2) is 9.50 Å². The van der Waals surface area contributed by atoms with Crippen molar-refractivity contribution in [2.45, 2.75) is 25.4 Å². The molecule has 22 heavy (non-hydrogen) atoms. The molecule has 2 aromatic heterocycles. The van der Waals surface area contributed by atoms with Crippen molar-refractivity contribution in [2.75, 3.05) is 0 Å². The van der Waals surface area contributed by atoms with Crippen LogP contribution in [0.15, 0.2) is 42.7 Å². The molecule has 1 saturated carbocycles. The molecule has 0 aliphatic heterocycles. The Bertz CT molecular complexity index is 853. The molecule has 1 fully saturated rings. The Labute approximate surface area is 128 Å². The van der Waals surface area contributed by atoms with Crippen LogP contribution in [0.2, 0.25) is 0 Å². The summed E-state index contributed by atoms with van der Waals surface area (Å²) in [5, 5.41) is 16.8. The molecule has 5 heteroatoms. The number of aromatic nitrogens is 3. The quantitative estimate of drug-likeness (QED) is 0.801. The predicted octanol–water partition coefficient (Wildman–Crippen LogP) is 2.52. The van der Waals surface area contributed by atoms with Crippen LogP contribution in [-0.4, -0.2) is 20.6 Å². The summed E-state index contributed by atoms with van der Waals surface area (Å²) in [6.07, 6.45) is 4.12. The van der Waals surface area contributed by atoms with Gasteiger partial charge < -0.3 is 5.32 Å². The van der Waals surface area contributed by atoms with Gasteiger partial charge in [-0.05, 0) is 42.7 Å². The second kappa shape index (κ2) is 5.24. The third-order valence-corrected chi connectivity index (χ3v) is 3.92. The van der Waals surface area contributed by atoms with Crippen LogP contribution in [0.5, 0.6) is 0 Å². The Balaban J connectivity index is 1.76. The summed E-state index contributed by atoms with van der Waals surface area (Å²) in [6, 6.07) is 14.6. The van der Waals surface area contributed by atoms with Crippen molar-refractivity contribution in [3.05, 3.63) is 53.9 Å². The number of rotatable bonds is 4. The van der Waals surface area contributed by atoms with Crippen molar-refractivity contribution in [2.24, 2.45) is 0 Å². The molecule has 0 saturated heterocycles. The van der Waals surface area contributed by atoms with Crippen molar-refractivity contribution in [1.82, 2.24) is 19.9 Å². The second-order valence-corrected chi connectivity index (χ2v) is 5.62. The molecule has 5 nitrogen and oxygen atoms in total. The van der Waals surface area contributed by atoms with Crippen LogP contribution >= 0.6 is 0 Å². The van der Waals surface area contributed by atoms with Crippen molar-refractivity contribution in [3.8, 4) is 17.3 Å². The fourth-order valence-corrected chi connectivity index (χ4v) is 2.55. The first-order valence-electron chi connectivity index (χ1n) is 7.40. The van der Waals surface area contributed by atoms with Gasteiger partial charge in [0, 0.05) is 18.2 Å². The molecular weight excluding hydrogens is 274 g/mol. The minimum absolute atomic E-state index is 0.658. The van der Waals surface area contributed by atoms with E-state index in [9.17, 15) is 0 Å². The minimum atomic E-state index is 0.658. The Morgan fingerprint density at radius 3 is 2.77 bits per heavy atom. The zero-order valence-electron chi connectivity index (χ0n) is 12.0. The smallest absolute Gasteiger partial charge is 0.156 e. The largest absolute Gasteiger partial charge is 0.310 e. The highest BCUT2D eigenvalue weighted by Crippen LogP contribution is 2.24. The Kier molecular flexibility index (Phi) is 3.10. The number of hydrogen-bond acceptors (Lipinski definition) is 4. The van der Waals surface area contributed by atoms with Crippen molar-refractivity contribution in [1.29, 1.82) is 5.26 Å². The lowest BCUT2D eigenvalue weighted by Gasteiger charge is -2.09. The number of nitriles is 1. The number of nitrogens with zero attached hydrogens (tertiary/aromatic N) is 4. The SMILES string of the molecule is N#Cc1ccc(-c2cc(CNC3CC3)cc3ncnn23)cc1. The number of nitrogens with one attached hydrogen (secondary N) is 1. The highest BCUT2D eigenvalue weighted by Gasteiger charge is 2.20. The third-order valence-electron chi connectivity index (χ3n) is 3.92. The Hall–Kier alpha value is -2.71. The van der Waals surface area contributed by atoms with Crippen LogP contribution < -0.4 is 5.32 Å². The molecule has 0 radical (unpaired) electrons. The lowest BCUT2D eigenvalue weighted by Crippen LogP contribution is -2.15. The van der Waals surface area contributed by atoms with E-state index >= 15 is 0 Å². The van der Waals surface area contributed by atoms with Gasteiger partial charge in [-0.2, -0.15) is 10.4 Å². The number of fused-ring (bicyclic) bond motifs is 1. The average Bonchev–Trinajstić information content (AvgIpc) is 3.28. The van der Waals surface area contributed by atoms with Crippen LogP contribution in [0.25, 0.3) is 16.9 Å². The molecule has 1 aliphatic carbocycles. The first kappa shape index (κ1) is 13.0. The average molecular weight is 289 g/mol. The topological polar surface area (TPSA) is 66.0 Å². The summed E-state index contributed by atoms with van der Waals surface area (Å²) >= 11 is 0. The van der Waals surface area contributed by atoms with Gasteiger partial charge in [-0.1, -0.05) is 12.1 Å². The highest BCUT2D eigenvalue weighted by molar-refractivity contribution is 5.65. The maximum atomic E-state index is 8.92. The Morgan fingerprint density at radius 2 is 2.05 bits per heavy atom. The van der Waals surface area contributed by atoms with Crippen LogP contribution in [-0.2, 0) is 6.54 Å². The van der Waals surface area contributed by atoms with Gasteiger partial charge in [0.25, 0.3) is 0 Å². The Morgan fingerprint density at radius 1 is 1.23 bits per heavy atom. The summed E-state index contributed by atoms with van der Waals surface area (Å²) in [4.78, 5) is 4.31. The van der Waals surface area contributed by atoms with Gasteiger partial charge in [0.2, 0.25) is 0 Å². The molecule has 0 atom stereocenters. The van der Waals surface area contributed by atoms with E-state index in [1.54, 1.807) is 6.33 Å². The van der Waals surface area contributed by atoms with E-state index in [1.807, 2.05) is 28.8 Å². The molecule has 1 N–H and O–H groups in total. The van der Waals surface area contributed by atoms with E-state index in [-0.39, 0.29) is 0 Å². The standard InChI is InChI=1S/C17H15N5/c18-9-12-1-3-14(4-2-12)16-7-13(10-19-15-5-6-15)8-17-20-11-21-22(16)17/h1-4,7-8,11,15,19H,5-6,10H2.